The Morgan fingerprint density at radius 1 is 1.20 bits per heavy atom. The lowest BCUT2D eigenvalue weighted by Crippen LogP contribution is -2.22. The lowest BCUT2D eigenvalue weighted by atomic mass is 10.1. The predicted octanol–water partition coefficient (Wildman–Crippen LogP) is 2.69. The van der Waals surface area contributed by atoms with E-state index in [0.29, 0.717) is 5.56 Å². The maximum absolute atomic E-state index is 12.0. The lowest BCUT2D eigenvalue weighted by Gasteiger charge is -2.05. The number of hydrogen-bond acceptors (Lipinski definition) is 4. The molecule has 8 heteroatoms. The minimum absolute atomic E-state index is 0.109. The van der Waals surface area contributed by atoms with E-state index in [0.717, 1.165) is 15.1 Å². The zero-order valence-corrected chi connectivity index (χ0v) is 13.3. The Bertz CT molecular complexity index is 722. The first kappa shape index (κ1) is 15.2. The van der Waals surface area contributed by atoms with Gasteiger partial charge in [0.1, 0.15) is 4.21 Å². The number of halogens is 1. The van der Waals surface area contributed by atoms with Gasteiger partial charge in [0.25, 0.3) is 0 Å². The summed E-state index contributed by atoms with van der Waals surface area (Å²) in [6.45, 7) is 0.109. The molecule has 5 nitrogen and oxygen atoms in total. The number of carboxylic acids is 1. The number of sulfonamides is 1. The summed E-state index contributed by atoms with van der Waals surface area (Å²) >= 11 is 4.34. The molecule has 20 heavy (non-hydrogen) atoms. The number of nitrogens with one attached hydrogen (secondary N) is 1. The molecule has 0 bridgehead atoms. The van der Waals surface area contributed by atoms with E-state index in [2.05, 4.69) is 20.7 Å². The van der Waals surface area contributed by atoms with Crippen molar-refractivity contribution in [2.24, 2.45) is 0 Å². The Balaban J connectivity index is 2.06. The topological polar surface area (TPSA) is 83.5 Å². The Morgan fingerprint density at radius 2 is 1.85 bits per heavy atom. The molecule has 0 spiro atoms. The van der Waals surface area contributed by atoms with Crippen LogP contribution in [0.4, 0.5) is 0 Å². The van der Waals surface area contributed by atoms with Gasteiger partial charge < -0.3 is 5.11 Å². The highest BCUT2D eigenvalue weighted by Gasteiger charge is 2.16. The first-order valence-corrected chi connectivity index (χ1v) is 8.55. The highest BCUT2D eigenvalue weighted by molar-refractivity contribution is 9.11. The van der Waals surface area contributed by atoms with Crippen LogP contribution < -0.4 is 4.72 Å². The van der Waals surface area contributed by atoms with E-state index in [-0.39, 0.29) is 16.3 Å². The van der Waals surface area contributed by atoms with Gasteiger partial charge >= 0.3 is 5.97 Å². The zero-order valence-electron chi connectivity index (χ0n) is 10.0. The number of rotatable bonds is 5. The van der Waals surface area contributed by atoms with Crippen LogP contribution >= 0.6 is 27.3 Å². The summed E-state index contributed by atoms with van der Waals surface area (Å²) in [6, 6.07) is 9.22. The first-order valence-electron chi connectivity index (χ1n) is 5.46. The number of benzene rings is 1. The summed E-state index contributed by atoms with van der Waals surface area (Å²) in [6.07, 6.45) is 0. The fraction of sp³-hybridized carbons (Fsp3) is 0.0833. The van der Waals surface area contributed by atoms with Gasteiger partial charge in [-0.1, -0.05) is 12.1 Å². The van der Waals surface area contributed by atoms with Crippen molar-refractivity contribution in [3.63, 3.8) is 0 Å². The van der Waals surface area contributed by atoms with E-state index < -0.39 is 16.0 Å². The van der Waals surface area contributed by atoms with Crippen LogP contribution in [0.3, 0.4) is 0 Å². The molecule has 0 fully saturated rings. The number of carboxylic acid groups (broad SMARTS) is 1. The third-order valence-corrected chi connectivity index (χ3v) is 6.00. The summed E-state index contributed by atoms with van der Waals surface area (Å²) in [5, 5.41) is 8.77. The highest BCUT2D eigenvalue weighted by Crippen LogP contribution is 2.25. The number of hydrogen-bond donors (Lipinski definition) is 2. The van der Waals surface area contributed by atoms with E-state index >= 15 is 0 Å². The van der Waals surface area contributed by atoms with Gasteiger partial charge in [-0.3, -0.25) is 0 Å². The van der Waals surface area contributed by atoms with Crippen molar-refractivity contribution in [1.29, 1.82) is 0 Å². The van der Waals surface area contributed by atoms with Gasteiger partial charge in [0.05, 0.1) is 9.35 Å². The molecule has 2 N–H and O–H groups in total. The summed E-state index contributed by atoms with van der Waals surface area (Å²) in [5.41, 5.74) is 0.855. The molecule has 1 heterocycles. The molecule has 2 aromatic rings. The standard InChI is InChI=1S/C12H10BrNO4S2/c13-10-5-6-11(19-10)20(17,18)14-7-8-1-3-9(4-2-8)12(15)16/h1-6,14H,7H2,(H,15,16). The Hall–Kier alpha value is -1.22. The summed E-state index contributed by atoms with van der Waals surface area (Å²) < 4.78 is 27.4. The van der Waals surface area contributed by atoms with Crippen LogP contribution in [0.5, 0.6) is 0 Å². The molecule has 0 aliphatic heterocycles. The first-order chi connectivity index (χ1) is 9.38. The lowest BCUT2D eigenvalue weighted by molar-refractivity contribution is 0.0697. The second-order valence-corrected chi connectivity index (χ2v) is 8.34. The van der Waals surface area contributed by atoms with Crippen molar-refractivity contribution in [3.05, 3.63) is 51.3 Å². The van der Waals surface area contributed by atoms with Gasteiger partial charge in [-0.15, -0.1) is 11.3 Å². The third-order valence-electron chi connectivity index (χ3n) is 2.48. The van der Waals surface area contributed by atoms with E-state index in [9.17, 15) is 13.2 Å². The predicted molar refractivity (Wildman–Crippen MR) is 79.4 cm³/mol. The Kier molecular flexibility index (Phi) is 4.59. The van der Waals surface area contributed by atoms with E-state index in [1.165, 1.54) is 18.2 Å². The molecule has 1 aromatic carbocycles. The van der Waals surface area contributed by atoms with E-state index in [1.54, 1.807) is 18.2 Å². The SMILES string of the molecule is O=C(O)c1ccc(CNS(=O)(=O)c2ccc(Br)s2)cc1. The van der Waals surface area contributed by atoms with Crippen LogP contribution in [-0.4, -0.2) is 19.5 Å². The van der Waals surface area contributed by atoms with Crippen LogP contribution in [0.2, 0.25) is 0 Å². The maximum atomic E-state index is 12.0. The molecule has 0 amide bonds. The van der Waals surface area contributed by atoms with Crippen LogP contribution in [0.25, 0.3) is 0 Å². The zero-order chi connectivity index (χ0) is 14.8. The molecular weight excluding hydrogens is 366 g/mol. The van der Waals surface area contributed by atoms with Gasteiger partial charge in [0.2, 0.25) is 10.0 Å². The minimum Gasteiger partial charge on any atom is -0.478 e. The van der Waals surface area contributed by atoms with E-state index in [1.807, 2.05) is 0 Å². The summed E-state index contributed by atoms with van der Waals surface area (Å²) in [4.78, 5) is 10.7. The second kappa shape index (κ2) is 6.04. The smallest absolute Gasteiger partial charge is 0.335 e. The van der Waals surface area contributed by atoms with Crippen molar-refractivity contribution in [2.75, 3.05) is 0 Å². The molecule has 0 saturated heterocycles. The largest absolute Gasteiger partial charge is 0.478 e. The molecular formula is C12H10BrNO4S2. The monoisotopic (exact) mass is 375 g/mol. The van der Waals surface area contributed by atoms with Crippen molar-refractivity contribution in [3.8, 4) is 0 Å². The molecule has 1 aromatic heterocycles. The van der Waals surface area contributed by atoms with Crippen LogP contribution in [0.1, 0.15) is 15.9 Å². The molecule has 0 aliphatic rings. The average Bonchev–Trinajstić information content (AvgIpc) is 2.84. The third kappa shape index (κ3) is 3.66. The molecule has 0 unspecified atom stereocenters. The highest BCUT2D eigenvalue weighted by atomic mass is 79.9. The van der Waals surface area contributed by atoms with Crippen LogP contribution in [0, 0.1) is 0 Å². The van der Waals surface area contributed by atoms with Gasteiger partial charge in [0, 0.05) is 6.54 Å². The van der Waals surface area contributed by atoms with Crippen molar-refractivity contribution in [1.82, 2.24) is 4.72 Å². The van der Waals surface area contributed by atoms with E-state index in [4.69, 9.17) is 5.11 Å². The normalized spacial score (nSPS) is 11.4. The van der Waals surface area contributed by atoms with Crippen molar-refractivity contribution >= 4 is 43.3 Å². The number of thiophene rings is 1. The molecule has 0 radical (unpaired) electrons. The Morgan fingerprint density at radius 3 is 2.35 bits per heavy atom. The number of carbonyl (C=O) groups is 1. The van der Waals surface area contributed by atoms with Gasteiger partial charge in [0.15, 0.2) is 0 Å². The van der Waals surface area contributed by atoms with Gasteiger partial charge in [-0.05, 0) is 45.8 Å². The maximum Gasteiger partial charge on any atom is 0.335 e. The van der Waals surface area contributed by atoms with Crippen LogP contribution in [0.15, 0.2) is 44.4 Å². The average molecular weight is 376 g/mol. The van der Waals surface area contributed by atoms with Crippen LogP contribution in [-0.2, 0) is 16.6 Å². The van der Waals surface area contributed by atoms with Crippen molar-refractivity contribution < 1.29 is 18.3 Å². The van der Waals surface area contributed by atoms with Gasteiger partial charge in [-0.25, -0.2) is 17.9 Å². The fourth-order valence-corrected chi connectivity index (χ4v) is 4.53. The molecule has 106 valence electrons. The summed E-state index contributed by atoms with van der Waals surface area (Å²) in [7, 11) is -3.54. The molecule has 0 aliphatic carbocycles. The summed E-state index contributed by atoms with van der Waals surface area (Å²) in [5.74, 6) is -1.01. The molecule has 0 saturated carbocycles. The second-order valence-electron chi connectivity index (χ2n) is 3.89. The van der Waals surface area contributed by atoms with Gasteiger partial charge in [-0.2, -0.15) is 0 Å². The molecule has 0 atom stereocenters. The fourth-order valence-electron chi connectivity index (χ4n) is 1.46. The number of aromatic carboxylic acids is 1. The Labute approximate surface area is 128 Å². The minimum atomic E-state index is -3.54. The molecule has 2 rings (SSSR count). The quantitative estimate of drug-likeness (QED) is 0.841. The van der Waals surface area contributed by atoms with Crippen molar-refractivity contribution in [2.45, 2.75) is 10.8 Å².